The molecule has 18 heavy (non-hydrogen) atoms. The Labute approximate surface area is 111 Å². The van der Waals surface area contributed by atoms with Gasteiger partial charge in [-0.25, -0.2) is 0 Å². The summed E-state index contributed by atoms with van der Waals surface area (Å²) in [5.41, 5.74) is 5.73. The summed E-state index contributed by atoms with van der Waals surface area (Å²) in [5.74, 6) is 0.544. The highest BCUT2D eigenvalue weighted by Crippen LogP contribution is 2.32. The van der Waals surface area contributed by atoms with Crippen LogP contribution < -0.4 is 11.1 Å². The number of carbonyl (C=O) groups is 1. The summed E-state index contributed by atoms with van der Waals surface area (Å²) < 4.78 is 5.34. The molecular formula is C14H28N2O2. The predicted molar refractivity (Wildman–Crippen MR) is 73.3 cm³/mol. The van der Waals surface area contributed by atoms with Crippen molar-refractivity contribution in [2.24, 2.45) is 11.7 Å². The van der Waals surface area contributed by atoms with Crippen molar-refractivity contribution in [3.05, 3.63) is 0 Å². The zero-order chi connectivity index (χ0) is 13.4. The van der Waals surface area contributed by atoms with E-state index >= 15 is 0 Å². The van der Waals surface area contributed by atoms with Crippen LogP contribution in [0.1, 0.15) is 52.4 Å². The van der Waals surface area contributed by atoms with Crippen molar-refractivity contribution in [3.63, 3.8) is 0 Å². The van der Waals surface area contributed by atoms with E-state index in [-0.39, 0.29) is 11.4 Å². The van der Waals surface area contributed by atoms with Crippen molar-refractivity contribution >= 4 is 5.91 Å². The molecule has 0 heterocycles. The molecule has 2 atom stereocenters. The summed E-state index contributed by atoms with van der Waals surface area (Å²) in [6, 6.07) is 0. The van der Waals surface area contributed by atoms with Crippen molar-refractivity contribution < 1.29 is 9.53 Å². The third kappa shape index (κ3) is 4.25. The molecule has 1 aliphatic rings. The fraction of sp³-hybridized carbons (Fsp3) is 0.929. The molecule has 0 bridgehead atoms. The van der Waals surface area contributed by atoms with Gasteiger partial charge in [0, 0.05) is 19.6 Å². The molecule has 0 aromatic heterocycles. The van der Waals surface area contributed by atoms with E-state index in [1.807, 2.05) is 0 Å². The van der Waals surface area contributed by atoms with Gasteiger partial charge in [0.25, 0.3) is 0 Å². The van der Waals surface area contributed by atoms with E-state index in [4.69, 9.17) is 10.5 Å². The number of amides is 1. The van der Waals surface area contributed by atoms with E-state index in [1.54, 1.807) is 0 Å². The maximum atomic E-state index is 11.9. The predicted octanol–water partition coefficient (Wildman–Crippen LogP) is 1.83. The Morgan fingerprint density at radius 1 is 1.44 bits per heavy atom. The summed E-state index contributed by atoms with van der Waals surface area (Å²) >= 11 is 0. The van der Waals surface area contributed by atoms with Gasteiger partial charge < -0.3 is 15.8 Å². The minimum atomic E-state index is -0.180. The van der Waals surface area contributed by atoms with Crippen LogP contribution in [0, 0.1) is 5.92 Å². The summed E-state index contributed by atoms with van der Waals surface area (Å²) in [7, 11) is 0. The van der Waals surface area contributed by atoms with Gasteiger partial charge in [0.1, 0.15) is 0 Å². The van der Waals surface area contributed by atoms with Crippen LogP contribution in [-0.2, 0) is 9.53 Å². The zero-order valence-electron chi connectivity index (χ0n) is 11.8. The number of nitrogens with two attached hydrogens (primary N) is 1. The van der Waals surface area contributed by atoms with Gasteiger partial charge >= 0.3 is 0 Å². The molecule has 1 fully saturated rings. The third-order valence-corrected chi connectivity index (χ3v) is 4.03. The normalized spacial score (nSPS) is 28.1. The molecular weight excluding hydrogens is 228 g/mol. The Hall–Kier alpha value is -0.610. The van der Waals surface area contributed by atoms with Crippen molar-refractivity contribution in [3.8, 4) is 0 Å². The van der Waals surface area contributed by atoms with Crippen LogP contribution in [0.2, 0.25) is 0 Å². The van der Waals surface area contributed by atoms with E-state index in [0.717, 1.165) is 32.3 Å². The first kappa shape index (κ1) is 15.4. The molecule has 1 amide bonds. The Bertz CT molecular complexity index is 258. The van der Waals surface area contributed by atoms with Gasteiger partial charge in [-0.1, -0.05) is 26.7 Å². The standard InChI is InChI=1S/C14H28N2O2/c1-3-9-18-10-7-13(17)16-14(11-15)8-5-4-6-12(14)2/h12H,3-11,15H2,1-2H3,(H,16,17). The monoisotopic (exact) mass is 256 g/mol. The fourth-order valence-corrected chi connectivity index (χ4v) is 2.71. The lowest BCUT2D eigenvalue weighted by molar-refractivity contribution is -0.125. The average Bonchev–Trinajstić information content (AvgIpc) is 2.37. The highest BCUT2D eigenvalue weighted by molar-refractivity contribution is 5.77. The van der Waals surface area contributed by atoms with Gasteiger partial charge in [-0.05, 0) is 25.2 Å². The second kappa shape index (κ2) is 7.74. The molecule has 3 N–H and O–H groups in total. The minimum absolute atomic E-state index is 0.0744. The van der Waals surface area contributed by atoms with Gasteiger partial charge in [-0.3, -0.25) is 4.79 Å². The zero-order valence-corrected chi connectivity index (χ0v) is 11.8. The highest BCUT2D eigenvalue weighted by atomic mass is 16.5. The van der Waals surface area contributed by atoms with Crippen LogP contribution in [0.15, 0.2) is 0 Å². The van der Waals surface area contributed by atoms with Crippen molar-refractivity contribution in [2.45, 2.75) is 57.9 Å². The van der Waals surface area contributed by atoms with Gasteiger partial charge in [-0.15, -0.1) is 0 Å². The molecule has 1 rings (SSSR count). The number of rotatable bonds is 7. The first-order chi connectivity index (χ1) is 8.64. The summed E-state index contributed by atoms with van der Waals surface area (Å²) in [5, 5.41) is 3.16. The minimum Gasteiger partial charge on any atom is -0.381 e. The first-order valence-electron chi connectivity index (χ1n) is 7.23. The number of hydrogen-bond acceptors (Lipinski definition) is 3. The molecule has 4 heteroatoms. The lowest BCUT2D eigenvalue weighted by Gasteiger charge is -2.42. The largest absolute Gasteiger partial charge is 0.381 e. The molecule has 0 spiro atoms. The van der Waals surface area contributed by atoms with Crippen LogP contribution in [-0.4, -0.2) is 31.2 Å². The summed E-state index contributed by atoms with van der Waals surface area (Å²) in [6.45, 7) is 6.03. The van der Waals surface area contributed by atoms with E-state index in [2.05, 4.69) is 19.2 Å². The van der Waals surface area contributed by atoms with Crippen LogP contribution >= 0.6 is 0 Å². The van der Waals surface area contributed by atoms with Gasteiger partial charge in [0.05, 0.1) is 12.1 Å². The van der Waals surface area contributed by atoms with Gasteiger partial charge in [0.15, 0.2) is 0 Å². The van der Waals surface area contributed by atoms with Gasteiger partial charge in [0.2, 0.25) is 5.91 Å². The number of carbonyl (C=O) groups excluding carboxylic acids is 1. The molecule has 1 aliphatic carbocycles. The second-order valence-electron chi connectivity index (χ2n) is 5.42. The SMILES string of the molecule is CCCOCCC(=O)NC1(CN)CCCCC1C. The maximum Gasteiger partial charge on any atom is 0.222 e. The number of hydrogen-bond donors (Lipinski definition) is 2. The van der Waals surface area contributed by atoms with Crippen molar-refractivity contribution in [1.29, 1.82) is 0 Å². The maximum absolute atomic E-state index is 11.9. The van der Waals surface area contributed by atoms with E-state index in [0.29, 0.717) is 25.5 Å². The van der Waals surface area contributed by atoms with Crippen LogP contribution in [0.25, 0.3) is 0 Å². The molecule has 2 unspecified atom stereocenters. The highest BCUT2D eigenvalue weighted by Gasteiger charge is 2.37. The first-order valence-corrected chi connectivity index (χ1v) is 7.23. The van der Waals surface area contributed by atoms with E-state index in [9.17, 15) is 4.79 Å². The number of ether oxygens (including phenoxy) is 1. The Kier molecular flexibility index (Phi) is 6.65. The number of nitrogens with one attached hydrogen (secondary N) is 1. The molecule has 0 radical (unpaired) electrons. The smallest absolute Gasteiger partial charge is 0.222 e. The van der Waals surface area contributed by atoms with Gasteiger partial charge in [-0.2, -0.15) is 0 Å². The summed E-state index contributed by atoms with van der Waals surface area (Å²) in [6.07, 6.45) is 6.00. The molecule has 0 aliphatic heterocycles. The van der Waals surface area contributed by atoms with Crippen LogP contribution in [0.4, 0.5) is 0 Å². The summed E-state index contributed by atoms with van der Waals surface area (Å²) in [4.78, 5) is 11.9. The molecule has 0 aromatic carbocycles. The van der Waals surface area contributed by atoms with Crippen LogP contribution in [0.3, 0.4) is 0 Å². The third-order valence-electron chi connectivity index (χ3n) is 4.03. The Morgan fingerprint density at radius 2 is 2.22 bits per heavy atom. The molecule has 4 nitrogen and oxygen atoms in total. The molecule has 0 aromatic rings. The van der Waals surface area contributed by atoms with E-state index < -0.39 is 0 Å². The van der Waals surface area contributed by atoms with Crippen molar-refractivity contribution in [1.82, 2.24) is 5.32 Å². The van der Waals surface area contributed by atoms with E-state index in [1.165, 1.54) is 6.42 Å². The topological polar surface area (TPSA) is 64.3 Å². The average molecular weight is 256 g/mol. The van der Waals surface area contributed by atoms with Crippen molar-refractivity contribution in [2.75, 3.05) is 19.8 Å². The molecule has 0 saturated heterocycles. The lowest BCUT2D eigenvalue weighted by atomic mass is 9.73. The van der Waals surface area contributed by atoms with Crippen LogP contribution in [0.5, 0.6) is 0 Å². The quantitative estimate of drug-likeness (QED) is 0.683. The Morgan fingerprint density at radius 3 is 2.83 bits per heavy atom. The lowest BCUT2D eigenvalue weighted by Crippen LogP contribution is -2.59. The molecule has 1 saturated carbocycles. The second-order valence-corrected chi connectivity index (χ2v) is 5.42. The fourth-order valence-electron chi connectivity index (χ4n) is 2.71. The Balaban J connectivity index is 2.39. The molecule has 106 valence electrons.